The Kier molecular flexibility index (Phi) is 10.2. The quantitative estimate of drug-likeness (QED) is 0.131. The normalized spacial score (nSPS) is 11.4. The van der Waals surface area contributed by atoms with Gasteiger partial charge in [0, 0.05) is 39.1 Å². The summed E-state index contributed by atoms with van der Waals surface area (Å²) in [5.41, 5.74) is 18.7. The Balaban J connectivity index is 0.971. The van der Waals surface area contributed by atoms with Crippen LogP contribution in [0.25, 0.3) is 105 Å². The smallest absolute Gasteiger partial charge is 0.0619 e. The second kappa shape index (κ2) is 17.4. The predicted octanol–water partition coefficient (Wildman–Crippen LogP) is 18.9. The molecule has 12 aromatic carbocycles. The van der Waals surface area contributed by atoms with E-state index in [4.69, 9.17) is 0 Å². The Morgan fingerprint density at radius 2 is 0.700 bits per heavy atom. The molecule has 2 nitrogen and oxygen atoms in total. The molecule has 2 heteroatoms. The van der Waals surface area contributed by atoms with Gasteiger partial charge in [-0.25, -0.2) is 0 Å². The maximum atomic E-state index is 2.42. The molecule has 0 saturated carbocycles. The molecule has 0 aliphatic rings. The van der Waals surface area contributed by atoms with Gasteiger partial charge in [0.15, 0.2) is 0 Å². The van der Waals surface area contributed by atoms with Crippen LogP contribution in [0.5, 0.6) is 0 Å². The summed E-state index contributed by atoms with van der Waals surface area (Å²) in [7, 11) is 0. The van der Waals surface area contributed by atoms with Crippen LogP contribution < -0.4 is 4.90 Å². The van der Waals surface area contributed by atoms with Crippen molar-refractivity contribution < 1.29 is 0 Å². The summed E-state index contributed by atoms with van der Waals surface area (Å²) in [5, 5.41) is 7.48. The lowest BCUT2D eigenvalue weighted by Crippen LogP contribution is -2.10. The molecule has 0 unspecified atom stereocenters. The second-order valence-corrected chi connectivity index (χ2v) is 18.0. The van der Waals surface area contributed by atoms with Crippen molar-refractivity contribution in [3.63, 3.8) is 0 Å². The summed E-state index contributed by atoms with van der Waals surface area (Å²) in [5.74, 6) is 0. The third kappa shape index (κ3) is 7.13. The summed E-state index contributed by atoms with van der Waals surface area (Å²) < 4.78 is 2.42. The summed E-state index contributed by atoms with van der Waals surface area (Å²) in [4.78, 5) is 2.40. The fourth-order valence-corrected chi connectivity index (χ4v) is 10.8. The van der Waals surface area contributed by atoms with Gasteiger partial charge in [-0.1, -0.05) is 218 Å². The number of rotatable bonds is 9. The predicted molar refractivity (Wildman–Crippen MR) is 298 cm³/mol. The van der Waals surface area contributed by atoms with Crippen LogP contribution in [0.1, 0.15) is 0 Å². The zero-order valence-electron chi connectivity index (χ0n) is 38.5. The lowest BCUT2D eigenvalue weighted by atomic mass is 9.84. The van der Waals surface area contributed by atoms with Crippen LogP contribution >= 0.6 is 0 Å². The number of nitrogens with zero attached hydrogens (tertiary/aromatic N) is 2. The number of hydrogen-bond acceptors (Lipinski definition) is 1. The zero-order chi connectivity index (χ0) is 46.4. The fraction of sp³-hybridized carbons (Fsp3) is 0. The summed E-state index contributed by atoms with van der Waals surface area (Å²) in [6.45, 7) is 0. The van der Waals surface area contributed by atoms with Crippen molar-refractivity contribution in [1.29, 1.82) is 0 Å². The molecule has 0 aliphatic heterocycles. The van der Waals surface area contributed by atoms with E-state index in [-0.39, 0.29) is 0 Å². The van der Waals surface area contributed by atoms with Gasteiger partial charge in [0.1, 0.15) is 0 Å². The van der Waals surface area contributed by atoms with Gasteiger partial charge in [0.25, 0.3) is 0 Å². The van der Waals surface area contributed by atoms with Crippen molar-refractivity contribution in [2.24, 2.45) is 0 Å². The van der Waals surface area contributed by atoms with Gasteiger partial charge in [-0.15, -0.1) is 0 Å². The number of anilines is 3. The number of fused-ring (bicyclic) bond motifs is 6. The van der Waals surface area contributed by atoms with Crippen molar-refractivity contribution >= 4 is 60.4 Å². The molecule has 0 amide bonds. The fourth-order valence-electron chi connectivity index (χ4n) is 10.8. The molecule has 0 radical (unpaired) electrons. The van der Waals surface area contributed by atoms with Crippen LogP contribution in [0.2, 0.25) is 0 Å². The van der Waals surface area contributed by atoms with Gasteiger partial charge >= 0.3 is 0 Å². The number of benzene rings is 12. The van der Waals surface area contributed by atoms with E-state index in [2.05, 4.69) is 289 Å². The third-order valence-corrected chi connectivity index (χ3v) is 13.9. The Hall–Kier alpha value is -9.24. The lowest BCUT2D eigenvalue weighted by Gasteiger charge is -2.27. The summed E-state index contributed by atoms with van der Waals surface area (Å²) in [6.07, 6.45) is 0. The maximum absolute atomic E-state index is 2.42. The minimum atomic E-state index is 1.07. The van der Waals surface area contributed by atoms with Crippen LogP contribution in [0.4, 0.5) is 17.1 Å². The van der Waals surface area contributed by atoms with Gasteiger partial charge in [-0.05, 0) is 132 Å². The molecule has 1 heterocycles. The van der Waals surface area contributed by atoms with Gasteiger partial charge in [0.2, 0.25) is 0 Å². The highest BCUT2D eigenvalue weighted by Gasteiger charge is 2.21. The van der Waals surface area contributed by atoms with Gasteiger partial charge in [-0.3, -0.25) is 0 Å². The first kappa shape index (κ1) is 41.0. The van der Waals surface area contributed by atoms with Crippen molar-refractivity contribution in [3.8, 4) is 61.3 Å². The molecule has 0 spiro atoms. The number of para-hydroxylation sites is 3. The van der Waals surface area contributed by atoms with Gasteiger partial charge in [-0.2, -0.15) is 0 Å². The minimum Gasteiger partial charge on any atom is -0.310 e. The average Bonchev–Trinajstić information content (AvgIpc) is 3.79. The first-order chi connectivity index (χ1) is 34.7. The molecule has 1 aromatic heterocycles. The first-order valence-corrected chi connectivity index (χ1v) is 24.1. The Bertz CT molecular complexity index is 4020. The largest absolute Gasteiger partial charge is 0.310 e. The molecule has 0 atom stereocenters. The molecular formula is C68H46N2. The maximum Gasteiger partial charge on any atom is 0.0619 e. The molecule has 0 N–H and O–H groups in total. The monoisotopic (exact) mass is 890 g/mol. The lowest BCUT2D eigenvalue weighted by molar-refractivity contribution is 1.18. The van der Waals surface area contributed by atoms with Crippen molar-refractivity contribution in [1.82, 2.24) is 4.57 Å². The molecule has 13 aromatic rings. The van der Waals surface area contributed by atoms with E-state index in [0.29, 0.717) is 0 Å². The third-order valence-electron chi connectivity index (χ3n) is 13.9. The molecule has 0 bridgehead atoms. The van der Waals surface area contributed by atoms with Crippen LogP contribution in [0.3, 0.4) is 0 Å². The Morgan fingerprint density at radius 1 is 0.243 bits per heavy atom. The Labute approximate surface area is 408 Å². The van der Waals surface area contributed by atoms with E-state index in [1.807, 2.05) is 0 Å². The van der Waals surface area contributed by atoms with E-state index in [1.165, 1.54) is 87.9 Å². The van der Waals surface area contributed by atoms with Crippen molar-refractivity contribution in [3.05, 3.63) is 279 Å². The van der Waals surface area contributed by atoms with Gasteiger partial charge in [0.05, 0.1) is 11.0 Å². The molecule has 328 valence electrons. The summed E-state index contributed by atoms with van der Waals surface area (Å²) >= 11 is 0. The summed E-state index contributed by atoms with van der Waals surface area (Å²) in [6, 6.07) is 102. The molecule has 0 fully saturated rings. The van der Waals surface area contributed by atoms with Crippen molar-refractivity contribution in [2.75, 3.05) is 4.90 Å². The number of hydrogen-bond donors (Lipinski definition) is 0. The number of aromatic nitrogens is 1. The standard InChI is InChI=1S/C68H46N2/c1-5-20-47(21-6-1)51-26-17-30-56(44-51)69(57-31-18-27-53(45-57)58-35-19-36-63-61-33-15-16-37-65(61)70(68(58)63)54-28-11-4-12-29-54)55-41-38-48(39-42-55)52-40-43-60-59-32-13-14-34-62(59)66(49-22-7-2-8-23-49)67(64(60)46-52)50-24-9-3-10-25-50/h1-46H. The van der Waals surface area contributed by atoms with E-state index >= 15 is 0 Å². The topological polar surface area (TPSA) is 8.17 Å². The highest BCUT2D eigenvalue weighted by atomic mass is 15.1. The molecule has 0 saturated heterocycles. The van der Waals surface area contributed by atoms with E-state index in [1.54, 1.807) is 0 Å². The van der Waals surface area contributed by atoms with Crippen LogP contribution in [0, 0.1) is 0 Å². The molecule has 0 aliphatic carbocycles. The van der Waals surface area contributed by atoms with E-state index < -0.39 is 0 Å². The van der Waals surface area contributed by atoms with Crippen LogP contribution in [-0.2, 0) is 0 Å². The molecule has 13 rings (SSSR count). The second-order valence-electron chi connectivity index (χ2n) is 18.0. The minimum absolute atomic E-state index is 1.07. The highest BCUT2D eigenvalue weighted by Crippen LogP contribution is 2.47. The van der Waals surface area contributed by atoms with Crippen LogP contribution in [0.15, 0.2) is 279 Å². The highest BCUT2D eigenvalue weighted by molar-refractivity contribution is 6.22. The Morgan fingerprint density at radius 3 is 1.39 bits per heavy atom. The van der Waals surface area contributed by atoms with Crippen molar-refractivity contribution in [2.45, 2.75) is 0 Å². The van der Waals surface area contributed by atoms with E-state index in [0.717, 1.165) is 33.9 Å². The zero-order valence-corrected chi connectivity index (χ0v) is 38.5. The average molecular weight is 891 g/mol. The first-order valence-electron chi connectivity index (χ1n) is 24.1. The molecular weight excluding hydrogens is 845 g/mol. The van der Waals surface area contributed by atoms with Crippen LogP contribution in [-0.4, -0.2) is 4.57 Å². The SMILES string of the molecule is c1ccc(-c2cccc(N(c3ccc(-c4ccc5c(c4)c(-c4ccccc4)c(-c4ccccc4)c4ccccc45)cc3)c3cccc(-c4cccc5c6ccccc6n(-c6ccccc6)c45)c3)c2)cc1. The van der Waals surface area contributed by atoms with E-state index in [9.17, 15) is 0 Å². The molecule has 70 heavy (non-hydrogen) atoms. The van der Waals surface area contributed by atoms with Gasteiger partial charge < -0.3 is 9.47 Å².